The second-order valence-electron chi connectivity index (χ2n) is 6.78. The van der Waals surface area contributed by atoms with Gasteiger partial charge in [-0.05, 0) is 49.6 Å². The number of nitrogens with zero attached hydrogens (tertiary/aromatic N) is 1. The second kappa shape index (κ2) is 7.09. The van der Waals surface area contributed by atoms with Crippen LogP contribution < -0.4 is 4.74 Å². The normalized spacial score (nSPS) is 18.3. The Hall–Kier alpha value is -2.62. The Morgan fingerprint density at radius 3 is 2.40 bits per heavy atom. The van der Waals surface area contributed by atoms with Gasteiger partial charge in [0.25, 0.3) is 0 Å². The Morgan fingerprint density at radius 1 is 1.12 bits per heavy atom. The van der Waals surface area contributed by atoms with Gasteiger partial charge in [0.15, 0.2) is 0 Å². The molecule has 0 saturated carbocycles. The molecule has 2 atom stereocenters. The Bertz CT molecular complexity index is 765. The summed E-state index contributed by atoms with van der Waals surface area (Å²) in [5.74, 6) is -0.205. The van der Waals surface area contributed by atoms with Crippen LogP contribution in [0.4, 0.5) is 0 Å². The summed E-state index contributed by atoms with van der Waals surface area (Å²) in [5.41, 5.74) is 3.16. The Balaban J connectivity index is 1.68. The zero-order valence-corrected chi connectivity index (χ0v) is 14.9. The number of esters is 1. The number of hydrogen-bond acceptors (Lipinski definition) is 3. The van der Waals surface area contributed by atoms with E-state index in [0.29, 0.717) is 12.3 Å². The third kappa shape index (κ3) is 3.90. The molecule has 1 fully saturated rings. The van der Waals surface area contributed by atoms with E-state index in [1.54, 1.807) is 4.90 Å². The summed E-state index contributed by atoms with van der Waals surface area (Å²) < 4.78 is 5.52. The highest BCUT2D eigenvalue weighted by atomic mass is 16.5. The summed E-state index contributed by atoms with van der Waals surface area (Å²) in [6.45, 7) is 6.32. The first-order valence-electron chi connectivity index (χ1n) is 8.58. The van der Waals surface area contributed by atoms with Crippen molar-refractivity contribution in [2.24, 2.45) is 5.92 Å². The van der Waals surface area contributed by atoms with E-state index >= 15 is 0 Å². The van der Waals surface area contributed by atoms with Crippen LogP contribution in [0, 0.1) is 19.8 Å². The van der Waals surface area contributed by atoms with Gasteiger partial charge in [-0.3, -0.25) is 9.59 Å². The Kier molecular flexibility index (Phi) is 4.88. The van der Waals surface area contributed by atoms with Crippen LogP contribution in [-0.2, 0) is 9.59 Å². The average Bonchev–Trinajstić information content (AvgIpc) is 2.96. The van der Waals surface area contributed by atoms with Crippen LogP contribution in [0.15, 0.2) is 48.5 Å². The summed E-state index contributed by atoms with van der Waals surface area (Å²) in [4.78, 5) is 26.6. The van der Waals surface area contributed by atoms with E-state index < -0.39 is 5.92 Å². The number of amides is 1. The van der Waals surface area contributed by atoms with Crippen LogP contribution in [0.5, 0.6) is 5.75 Å². The SMILES string of the molecule is Cc1cc(C)cc(OC(=O)[C@@H]2CC(=O)N([C@H](C)c3ccccc3)C2)c1. The average molecular weight is 337 g/mol. The van der Waals surface area contributed by atoms with E-state index in [0.717, 1.165) is 16.7 Å². The second-order valence-corrected chi connectivity index (χ2v) is 6.78. The molecule has 0 spiro atoms. The van der Waals surface area contributed by atoms with Crippen molar-refractivity contribution < 1.29 is 14.3 Å². The molecule has 4 heteroatoms. The maximum Gasteiger partial charge on any atom is 0.316 e. The molecule has 0 bridgehead atoms. The van der Waals surface area contributed by atoms with Crippen molar-refractivity contribution in [2.45, 2.75) is 33.2 Å². The summed E-state index contributed by atoms with van der Waals surface area (Å²) in [7, 11) is 0. The molecule has 1 aliphatic heterocycles. The largest absolute Gasteiger partial charge is 0.426 e. The van der Waals surface area contributed by atoms with E-state index in [1.807, 2.05) is 69.3 Å². The number of carbonyl (C=O) groups is 2. The van der Waals surface area contributed by atoms with Crippen LogP contribution in [0.3, 0.4) is 0 Å². The monoisotopic (exact) mass is 337 g/mol. The zero-order chi connectivity index (χ0) is 18.0. The topological polar surface area (TPSA) is 46.6 Å². The predicted octanol–water partition coefficient (Wildman–Crippen LogP) is 3.82. The molecule has 2 aromatic carbocycles. The van der Waals surface area contributed by atoms with E-state index in [9.17, 15) is 9.59 Å². The third-order valence-corrected chi connectivity index (χ3v) is 4.65. The molecule has 0 radical (unpaired) electrons. The minimum Gasteiger partial charge on any atom is -0.426 e. The van der Waals surface area contributed by atoms with Gasteiger partial charge in [0.05, 0.1) is 12.0 Å². The van der Waals surface area contributed by atoms with Crippen molar-refractivity contribution in [1.82, 2.24) is 4.90 Å². The van der Waals surface area contributed by atoms with Crippen LogP contribution >= 0.6 is 0 Å². The minimum atomic E-state index is -0.417. The van der Waals surface area contributed by atoms with Crippen molar-refractivity contribution in [3.8, 4) is 5.75 Å². The van der Waals surface area contributed by atoms with Gasteiger partial charge >= 0.3 is 5.97 Å². The minimum absolute atomic E-state index is 0.00118. The first kappa shape index (κ1) is 17.2. The van der Waals surface area contributed by atoms with Crippen molar-refractivity contribution >= 4 is 11.9 Å². The number of likely N-dealkylation sites (tertiary alicyclic amines) is 1. The molecule has 3 rings (SSSR count). The van der Waals surface area contributed by atoms with Crippen molar-refractivity contribution in [3.63, 3.8) is 0 Å². The molecule has 0 aromatic heterocycles. The maximum atomic E-state index is 12.5. The van der Waals surface area contributed by atoms with E-state index in [4.69, 9.17) is 4.74 Å². The molecule has 1 saturated heterocycles. The molecular weight excluding hydrogens is 314 g/mol. The molecule has 1 amide bonds. The maximum absolute atomic E-state index is 12.5. The number of ether oxygens (including phenoxy) is 1. The van der Waals surface area contributed by atoms with Gasteiger partial charge in [-0.2, -0.15) is 0 Å². The number of benzene rings is 2. The van der Waals surface area contributed by atoms with E-state index in [-0.39, 0.29) is 24.3 Å². The molecule has 1 aliphatic rings. The van der Waals surface area contributed by atoms with Crippen LogP contribution in [0.1, 0.15) is 36.1 Å². The molecule has 0 unspecified atom stereocenters. The quantitative estimate of drug-likeness (QED) is 0.629. The van der Waals surface area contributed by atoms with Gasteiger partial charge in [-0.25, -0.2) is 0 Å². The van der Waals surface area contributed by atoms with Crippen molar-refractivity contribution in [1.29, 1.82) is 0 Å². The summed E-state index contributed by atoms with van der Waals surface area (Å²) in [6, 6.07) is 15.5. The number of carbonyl (C=O) groups excluding carboxylic acids is 2. The molecular formula is C21H23NO3. The highest BCUT2D eigenvalue weighted by molar-refractivity contribution is 5.88. The van der Waals surface area contributed by atoms with Gasteiger partial charge in [0, 0.05) is 13.0 Å². The Morgan fingerprint density at radius 2 is 1.76 bits per heavy atom. The molecule has 0 N–H and O–H groups in total. The molecule has 0 aliphatic carbocycles. The lowest BCUT2D eigenvalue weighted by molar-refractivity contribution is -0.139. The smallest absolute Gasteiger partial charge is 0.316 e. The van der Waals surface area contributed by atoms with Crippen molar-refractivity contribution in [2.75, 3.05) is 6.54 Å². The summed E-state index contributed by atoms with van der Waals surface area (Å²) >= 11 is 0. The van der Waals surface area contributed by atoms with Gasteiger partial charge in [-0.1, -0.05) is 36.4 Å². The Labute approximate surface area is 148 Å². The lowest BCUT2D eigenvalue weighted by Crippen LogP contribution is -2.30. The first-order valence-corrected chi connectivity index (χ1v) is 8.58. The number of rotatable bonds is 4. The van der Waals surface area contributed by atoms with Crippen LogP contribution in [-0.4, -0.2) is 23.3 Å². The van der Waals surface area contributed by atoms with Crippen LogP contribution in [0.2, 0.25) is 0 Å². The fourth-order valence-electron chi connectivity index (χ4n) is 3.37. The predicted molar refractivity (Wildman–Crippen MR) is 96.2 cm³/mol. The van der Waals surface area contributed by atoms with Crippen molar-refractivity contribution in [3.05, 3.63) is 65.2 Å². The lowest BCUT2D eigenvalue weighted by Gasteiger charge is -2.25. The van der Waals surface area contributed by atoms with Crippen LogP contribution in [0.25, 0.3) is 0 Å². The molecule has 4 nitrogen and oxygen atoms in total. The zero-order valence-electron chi connectivity index (χ0n) is 14.9. The fraction of sp³-hybridized carbons (Fsp3) is 0.333. The van der Waals surface area contributed by atoms with E-state index in [1.165, 1.54) is 0 Å². The number of hydrogen-bond donors (Lipinski definition) is 0. The highest BCUT2D eigenvalue weighted by Crippen LogP contribution is 2.29. The van der Waals surface area contributed by atoms with Gasteiger partial charge in [-0.15, -0.1) is 0 Å². The highest BCUT2D eigenvalue weighted by Gasteiger charge is 2.38. The standard InChI is InChI=1S/C21H23NO3/c1-14-9-15(2)11-19(10-14)25-21(24)18-12-20(23)22(13-18)16(3)17-7-5-4-6-8-17/h4-11,16,18H,12-13H2,1-3H3/t16-,18-/m1/s1. The number of aryl methyl sites for hydroxylation is 2. The van der Waals surface area contributed by atoms with Gasteiger partial charge < -0.3 is 9.64 Å². The molecule has 25 heavy (non-hydrogen) atoms. The molecule has 2 aromatic rings. The first-order chi connectivity index (χ1) is 11.9. The summed E-state index contributed by atoms with van der Waals surface area (Å²) in [5, 5.41) is 0. The van der Waals surface area contributed by atoms with Gasteiger partial charge in [0.1, 0.15) is 5.75 Å². The molecule has 1 heterocycles. The summed E-state index contributed by atoms with van der Waals surface area (Å²) in [6.07, 6.45) is 0.209. The van der Waals surface area contributed by atoms with E-state index in [2.05, 4.69) is 0 Å². The third-order valence-electron chi connectivity index (χ3n) is 4.65. The fourth-order valence-corrected chi connectivity index (χ4v) is 3.37. The molecule has 130 valence electrons. The van der Waals surface area contributed by atoms with Gasteiger partial charge in [0.2, 0.25) is 5.91 Å². The lowest BCUT2D eigenvalue weighted by atomic mass is 10.1.